The molecular formula is C19H16N2O2. The van der Waals surface area contributed by atoms with E-state index in [4.69, 9.17) is 0 Å². The summed E-state index contributed by atoms with van der Waals surface area (Å²) in [7, 11) is 0. The fourth-order valence-electron chi connectivity index (χ4n) is 3.83. The second-order valence-electron chi connectivity index (χ2n) is 6.25. The van der Waals surface area contributed by atoms with E-state index in [1.807, 2.05) is 43.3 Å². The lowest BCUT2D eigenvalue weighted by atomic mass is 9.94. The van der Waals surface area contributed by atoms with E-state index in [0.717, 1.165) is 16.3 Å². The van der Waals surface area contributed by atoms with E-state index in [2.05, 4.69) is 6.07 Å². The minimum atomic E-state index is -0.504. The molecule has 0 radical (unpaired) electrons. The Morgan fingerprint density at radius 2 is 1.96 bits per heavy atom. The zero-order valence-corrected chi connectivity index (χ0v) is 12.7. The molecule has 0 aliphatic carbocycles. The van der Waals surface area contributed by atoms with E-state index in [-0.39, 0.29) is 18.0 Å². The molecule has 23 heavy (non-hydrogen) atoms. The third-order valence-electron chi connectivity index (χ3n) is 4.91. The Morgan fingerprint density at radius 1 is 1.22 bits per heavy atom. The van der Waals surface area contributed by atoms with Gasteiger partial charge in [0, 0.05) is 17.0 Å². The summed E-state index contributed by atoms with van der Waals surface area (Å²) in [6, 6.07) is 13.2. The van der Waals surface area contributed by atoms with E-state index in [1.54, 1.807) is 11.0 Å². The molecule has 0 saturated carbocycles. The van der Waals surface area contributed by atoms with Gasteiger partial charge in [-0.1, -0.05) is 30.3 Å². The maximum absolute atomic E-state index is 12.8. The van der Waals surface area contributed by atoms with Crippen LogP contribution in [0, 0.1) is 11.3 Å². The lowest BCUT2D eigenvalue weighted by molar-refractivity contribution is -0.126. The van der Waals surface area contributed by atoms with Crippen LogP contribution in [0.25, 0.3) is 16.3 Å². The van der Waals surface area contributed by atoms with Crippen LogP contribution in [0.1, 0.15) is 24.5 Å². The van der Waals surface area contributed by atoms with Gasteiger partial charge in [0.15, 0.2) is 0 Å². The van der Waals surface area contributed by atoms with Crippen molar-refractivity contribution in [2.75, 3.05) is 0 Å². The Morgan fingerprint density at radius 3 is 2.65 bits per heavy atom. The molecule has 0 aromatic heterocycles. The molecule has 2 unspecified atom stereocenters. The molecule has 1 N–H and O–H groups in total. The summed E-state index contributed by atoms with van der Waals surface area (Å²) in [6.07, 6.45) is 2.00. The van der Waals surface area contributed by atoms with Gasteiger partial charge in [-0.15, -0.1) is 0 Å². The van der Waals surface area contributed by atoms with Crippen LogP contribution < -0.4 is 0 Å². The first-order chi connectivity index (χ1) is 11.1. The average molecular weight is 304 g/mol. The van der Waals surface area contributed by atoms with Crippen LogP contribution in [-0.2, 0) is 4.79 Å². The number of hydrogen-bond acceptors (Lipinski definition) is 3. The topological polar surface area (TPSA) is 64.3 Å². The van der Waals surface area contributed by atoms with Gasteiger partial charge in [-0.2, -0.15) is 5.26 Å². The predicted octanol–water partition coefficient (Wildman–Crippen LogP) is 2.46. The molecule has 2 aliphatic heterocycles. The van der Waals surface area contributed by atoms with Crippen molar-refractivity contribution in [3.63, 3.8) is 0 Å². The first kappa shape index (κ1) is 14.0. The van der Waals surface area contributed by atoms with Gasteiger partial charge in [0.25, 0.3) is 5.91 Å². The summed E-state index contributed by atoms with van der Waals surface area (Å²) in [4.78, 5) is 14.6. The van der Waals surface area contributed by atoms with E-state index in [9.17, 15) is 15.2 Å². The molecule has 4 heteroatoms. The molecule has 4 rings (SSSR count). The van der Waals surface area contributed by atoms with Gasteiger partial charge in [-0.3, -0.25) is 4.79 Å². The molecule has 2 heterocycles. The second-order valence-corrected chi connectivity index (χ2v) is 6.25. The summed E-state index contributed by atoms with van der Waals surface area (Å²) < 4.78 is 0. The van der Waals surface area contributed by atoms with Crippen LogP contribution in [0.5, 0.6) is 0 Å². The van der Waals surface area contributed by atoms with Crippen LogP contribution in [0.15, 0.2) is 42.5 Å². The standard InChI is InChI=1S/C19H16N2O2/c1-11-8-18(22)17-9-16(19(23)21(11)17)15-7-6-12(10-20)13-4-2-3-5-14(13)15/h2-7,9,11,17-18,22H,8H2,1H3/t11?,17?,18-/m0/s1. The molecule has 1 fully saturated rings. The fourth-order valence-corrected chi connectivity index (χ4v) is 3.83. The molecule has 3 atom stereocenters. The molecular weight excluding hydrogens is 288 g/mol. The van der Waals surface area contributed by atoms with E-state index < -0.39 is 6.10 Å². The molecule has 1 saturated heterocycles. The highest BCUT2D eigenvalue weighted by Crippen LogP contribution is 2.38. The first-order valence-corrected chi connectivity index (χ1v) is 7.76. The summed E-state index contributed by atoms with van der Waals surface area (Å²) in [5.74, 6) is -0.0334. The fraction of sp³-hybridized carbons (Fsp3) is 0.263. The van der Waals surface area contributed by atoms with Crippen molar-refractivity contribution in [2.24, 2.45) is 0 Å². The van der Waals surface area contributed by atoms with Gasteiger partial charge < -0.3 is 10.0 Å². The van der Waals surface area contributed by atoms with Crippen LogP contribution >= 0.6 is 0 Å². The highest BCUT2D eigenvalue weighted by atomic mass is 16.3. The van der Waals surface area contributed by atoms with Gasteiger partial charge in [-0.25, -0.2) is 0 Å². The van der Waals surface area contributed by atoms with Crippen LogP contribution in [0.4, 0.5) is 0 Å². The second kappa shape index (κ2) is 4.94. The average Bonchev–Trinajstić information content (AvgIpc) is 3.04. The molecule has 2 aromatic rings. The maximum atomic E-state index is 12.8. The van der Waals surface area contributed by atoms with Crippen molar-refractivity contribution in [1.29, 1.82) is 5.26 Å². The van der Waals surface area contributed by atoms with Gasteiger partial charge >= 0.3 is 0 Å². The van der Waals surface area contributed by atoms with Crippen molar-refractivity contribution >= 4 is 22.3 Å². The van der Waals surface area contributed by atoms with Crippen molar-refractivity contribution in [3.05, 3.63) is 53.6 Å². The lowest BCUT2D eigenvalue weighted by Gasteiger charge is -2.21. The number of nitriles is 1. The smallest absolute Gasteiger partial charge is 0.255 e. The monoisotopic (exact) mass is 304 g/mol. The number of benzene rings is 2. The Labute approximate surface area is 134 Å². The predicted molar refractivity (Wildman–Crippen MR) is 87.4 cm³/mol. The van der Waals surface area contributed by atoms with E-state index in [1.165, 1.54) is 0 Å². The molecule has 0 bridgehead atoms. The molecule has 114 valence electrons. The number of aliphatic hydroxyl groups is 1. The minimum Gasteiger partial charge on any atom is -0.391 e. The van der Waals surface area contributed by atoms with E-state index in [0.29, 0.717) is 17.6 Å². The Kier molecular flexibility index (Phi) is 3.00. The third kappa shape index (κ3) is 1.90. The summed E-state index contributed by atoms with van der Waals surface area (Å²) in [5.41, 5.74) is 2.06. The largest absolute Gasteiger partial charge is 0.391 e. The number of carbonyl (C=O) groups is 1. The molecule has 0 spiro atoms. The van der Waals surface area contributed by atoms with Gasteiger partial charge in [-0.05, 0) is 36.4 Å². The third-order valence-corrected chi connectivity index (χ3v) is 4.91. The van der Waals surface area contributed by atoms with Crippen molar-refractivity contribution < 1.29 is 9.90 Å². The number of fused-ring (bicyclic) bond motifs is 2. The summed E-state index contributed by atoms with van der Waals surface area (Å²) >= 11 is 0. The molecule has 4 nitrogen and oxygen atoms in total. The zero-order chi connectivity index (χ0) is 16.1. The molecule has 2 aromatic carbocycles. The number of aliphatic hydroxyl groups excluding tert-OH is 1. The first-order valence-electron chi connectivity index (χ1n) is 7.76. The minimum absolute atomic E-state index is 0.0334. The van der Waals surface area contributed by atoms with Gasteiger partial charge in [0.1, 0.15) is 0 Å². The lowest BCUT2D eigenvalue weighted by Crippen LogP contribution is -2.36. The summed E-state index contributed by atoms with van der Waals surface area (Å²) in [6.45, 7) is 1.97. The van der Waals surface area contributed by atoms with Crippen molar-refractivity contribution in [3.8, 4) is 6.07 Å². The highest BCUT2D eigenvalue weighted by molar-refractivity contribution is 6.25. The van der Waals surface area contributed by atoms with E-state index >= 15 is 0 Å². The number of amides is 1. The number of rotatable bonds is 1. The SMILES string of the molecule is CC1C[C@H](O)C2C=C(c3ccc(C#N)c4ccccc34)C(=O)N12. The quantitative estimate of drug-likeness (QED) is 0.880. The van der Waals surface area contributed by atoms with Crippen LogP contribution in [-0.4, -0.2) is 34.1 Å². The molecule has 2 aliphatic rings. The van der Waals surface area contributed by atoms with Crippen LogP contribution in [0.2, 0.25) is 0 Å². The Bertz CT molecular complexity index is 894. The van der Waals surface area contributed by atoms with Crippen molar-refractivity contribution in [1.82, 2.24) is 4.90 Å². The van der Waals surface area contributed by atoms with Gasteiger partial charge in [0.05, 0.1) is 23.8 Å². The Hall–Kier alpha value is -2.64. The number of carbonyl (C=O) groups excluding carboxylic acids is 1. The van der Waals surface area contributed by atoms with Gasteiger partial charge in [0.2, 0.25) is 0 Å². The Balaban J connectivity index is 1.90. The van der Waals surface area contributed by atoms with Crippen LogP contribution in [0.3, 0.4) is 0 Å². The maximum Gasteiger partial charge on any atom is 0.255 e. The molecule has 1 amide bonds. The zero-order valence-electron chi connectivity index (χ0n) is 12.7. The normalized spacial score (nSPS) is 26.3. The number of hydrogen-bond donors (Lipinski definition) is 1. The van der Waals surface area contributed by atoms with Crippen molar-refractivity contribution in [2.45, 2.75) is 31.5 Å². The number of nitrogens with zero attached hydrogens (tertiary/aromatic N) is 2. The summed E-state index contributed by atoms with van der Waals surface area (Å²) in [5, 5.41) is 21.2. The highest BCUT2D eigenvalue weighted by Gasteiger charge is 2.45.